The number of hydrogen-bond acceptors (Lipinski definition) is 5. The molecule has 136 valence electrons. The molecule has 1 aromatic carbocycles. The maximum absolute atomic E-state index is 13.2. The predicted molar refractivity (Wildman–Crippen MR) is 95.0 cm³/mol. The first kappa shape index (κ1) is 17.9. The summed E-state index contributed by atoms with van der Waals surface area (Å²) in [4.78, 5) is 0.204. The van der Waals surface area contributed by atoms with Crippen LogP contribution >= 0.6 is 0 Å². The molecule has 7 heteroatoms. The summed E-state index contributed by atoms with van der Waals surface area (Å²) in [6.07, 6.45) is 3.70. The minimum absolute atomic E-state index is 0.0556. The number of aromatic nitrogens is 1. The molecule has 0 radical (unpaired) electrons. The zero-order valence-corrected chi connectivity index (χ0v) is 15.7. The Balaban J connectivity index is 2.01. The minimum Gasteiger partial charge on any atom is -0.495 e. The zero-order valence-electron chi connectivity index (χ0n) is 14.9. The fourth-order valence-electron chi connectivity index (χ4n) is 3.36. The van der Waals surface area contributed by atoms with Crippen molar-refractivity contribution in [1.82, 2.24) is 9.46 Å². The van der Waals surface area contributed by atoms with Crippen molar-refractivity contribution in [2.75, 3.05) is 13.7 Å². The predicted octanol–water partition coefficient (Wildman–Crippen LogP) is 3.61. The molecule has 0 N–H and O–H groups in total. The van der Waals surface area contributed by atoms with E-state index in [1.165, 1.54) is 7.11 Å². The lowest BCUT2D eigenvalue weighted by Gasteiger charge is -2.34. The van der Waals surface area contributed by atoms with E-state index in [2.05, 4.69) is 5.16 Å². The van der Waals surface area contributed by atoms with E-state index in [1.807, 2.05) is 13.8 Å². The first-order valence-corrected chi connectivity index (χ1v) is 10.0. The second-order valence-corrected chi connectivity index (χ2v) is 8.23. The van der Waals surface area contributed by atoms with Crippen LogP contribution in [0.3, 0.4) is 0 Å². The maximum atomic E-state index is 13.2. The summed E-state index contributed by atoms with van der Waals surface area (Å²) >= 11 is 0. The van der Waals surface area contributed by atoms with Gasteiger partial charge in [-0.3, -0.25) is 0 Å². The van der Waals surface area contributed by atoms with Crippen LogP contribution < -0.4 is 4.74 Å². The second kappa shape index (κ2) is 7.17. The molecule has 0 bridgehead atoms. The molecular formula is C18H24N2O4S. The van der Waals surface area contributed by atoms with Gasteiger partial charge in [0.15, 0.2) is 5.76 Å². The van der Waals surface area contributed by atoms with Crippen LogP contribution in [0.1, 0.15) is 38.3 Å². The molecule has 1 atom stereocenters. The number of ether oxygens (including phenoxy) is 1. The van der Waals surface area contributed by atoms with Crippen LogP contribution in [0.4, 0.5) is 0 Å². The Morgan fingerprint density at radius 1 is 1.32 bits per heavy atom. The highest BCUT2D eigenvalue weighted by Crippen LogP contribution is 2.34. The van der Waals surface area contributed by atoms with Crippen molar-refractivity contribution in [1.29, 1.82) is 0 Å². The van der Waals surface area contributed by atoms with Crippen molar-refractivity contribution in [2.45, 2.75) is 50.5 Å². The molecule has 1 aliphatic heterocycles. The molecule has 1 fully saturated rings. The Morgan fingerprint density at radius 3 is 2.76 bits per heavy atom. The molecule has 0 spiro atoms. The van der Waals surface area contributed by atoms with Gasteiger partial charge in [0, 0.05) is 24.2 Å². The van der Waals surface area contributed by atoms with E-state index in [9.17, 15) is 8.42 Å². The van der Waals surface area contributed by atoms with E-state index in [0.29, 0.717) is 18.1 Å². The van der Waals surface area contributed by atoms with E-state index in [4.69, 9.17) is 9.26 Å². The topological polar surface area (TPSA) is 72.6 Å². The van der Waals surface area contributed by atoms with Crippen LogP contribution in [-0.4, -0.2) is 37.6 Å². The monoisotopic (exact) mass is 364 g/mol. The Hall–Kier alpha value is -1.86. The van der Waals surface area contributed by atoms with E-state index in [1.54, 1.807) is 28.6 Å². The minimum atomic E-state index is -3.60. The number of nitrogens with zero attached hydrogens (tertiary/aromatic N) is 2. The van der Waals surface area contributed by atoms with Gasteiger partial charge in [-0.15, -0.1) is 0 Å². The van der Waals surface area contributed by atoms with Gasteiger partial charge >= 0.3 is 0 Å². The highest BCUT2D eigenvalue weighted by molar-refractivity contribution is 7.89. The van der Waals surface area contributed by atoms with Crippen LogP contribution in [0.5, 0.6) is 5.75 Å². The van der Waals surface area contributed by atoms with Crippen LogP contribution in [-0.2, 0) is 10.0 Å². The molecule has 1 aromatic heterocycles. The van der Waals surface area contributed by atoms with Gasteiger partial charge < -0.3 is 9.26 Å². The molecular weight excluding hydrogens is 340 g/mol. The van der Waals surface area contributed by atoms with Crippen LogP contribution in [0.15, 0.2) is 33.7 Å². The summed E-state index contributed by atoms with van der Waals surface area (Å²) in [5.74, 6) is 0.913. The standard InChI is InChI=1S/C18H24N2O4S/c1-4-15-7-5-6-10-20(15)25(21,22)18-9-8-14(12-17(18)23-3)16-11-13(2)19-24-16/h8-9,11-12,15H,4-7,10H2,1-3H3/t15-/m0/s1. The number of hydrogen-bond donors (Lipinski definition) is 0. The van der Waals surface area contributed by atoms with Crippen molar-refractivity contribution in [2.24, 2.45) is 0 Å². The quantitative estimate of drug-likeness (QED) is 0.810. The molecule has 3 rings (SSSR count). The highest BCUT2D eigenvalue weighted by atomic mass is 32.2. The highest BCUT2D eigenvalue weighted by Gasteiger charge is 2.34. The first-order chi connectivity index (χ1) is 12.0. The largest absolute Gasteiger partial charge is 0.495 e. The summed E-state index contributed by atoms with van der Waals surface area (Å²) in [6, 6.07) is 6.89. The zero-order chi connectivity index (χ0) is 18.0. The van der Waals surface area contributed by atoms with Gasteiger partial charge in [-0.1, -0.05) is 18.5 Å². The molecule has 0 unspecified atom stereocenters. The van der Waals surface area contributed by atoms with Gasteiger partial charge in [0.05, 0.1) is 12.8 Å². The van der Waals surface area contributed by atoms with Gasteiger partial charge in [-0.25, -0.2) is 8.42 Å². The number of rotatable bonds is 5. The van der Waals surface area contributed by atoms with Gasteiger partial charge in [0.1, 0.15) is 10.6 Å². The van der Waals surface area contributed by atoms with Gasteiger partial charge in [-0.05, 0) is 44.4 Å². The van der Waals surface area contributed by atoms with Gasteiger partial charge in [-0.2, -0.15) is 4.31 Å². The van der Waals surface area contributed by atoms with Crippen molar-refractivity contribution in [3.05, 3.63) is 30.0 Å². The summed E-state index contributed by atoms with van der Waals surface area (Å²) in [7, 11) is -2.11. The van der Waals surface area contributed by atoms with Crippen LogP contribution in [0.25, 0.3) is 11.3 Å². The molecule has 25 heavy (non-hydrogen) atoms. The lowest BCUT2D eigenvalue weighted by atomic mass is 10.0. The number of aryl methyl sites for hydroxylation is 1. The van der Waals surface area contributed by atoms with E-state index >= 15 is 0 Å². The van der Waals surface area contributed by atoms with E-state index in [0.717, 1.165) is 36.9 Å². The van der Waals surface area contributed by atoms with E-state index < -0.39 is 10.0 Å². The maximum Gasteiger partial charge on any atom is 0.247 e. The Labute approximate surface area is 148 Å². The second-order valence-electron chi connectivity index (χ2n) is 6.37. The molecule has 0 saturated carbocycles. The number of piperidine rings is 1. The molecule has 6 nitrogen and oxygen atoms in total. The number of methoxy groups -OCH3 is 1. The summed E-state index contributed by atoms with van der Waals surface area (Å²) in [5.41, 5.74) is 1.51. The van der Waals surface area contributed by atoms with Crippen molar-refractivity contribution in [3.8, 4) is 17.1 Å². The van der Waals surface area contributed by atoms with Gasteiger partial charge in [0.2, 0.25) is 10.0 Å². The number of sulfonamides is 1. The lowest BCUT2D eigenvalue weighted by molar-refractivity contribution is 0.246. The smallest absolute Gasteiger partial charge is 0.247 e. The SMILES string of the molecule is CC[C@H]1CCCCN1S(=O)(=O)c1ccc(-c2cc(C)no2)cc1OC. The Bertz CT molecular complexity index is 845. The van der Waals surface area contributed by atoms with Crippen LogP contribution in [0, 0.1) is 6.92 Å². The molecule has 0 aliphatic carbocycles. The fraction of sp³-hybridized carbons (Fsp3) is 0.500. The van der Waals surface area contributed by atoms with Crippen LogP contribution in [0.2, 0.25) is 0 Å². The van der Waals surface area contributed by atoms with Crippen molar-refractivity contribution < 1.29 is 17.7 Å². The first-order valence-electron chi connectivity index (χ1n) is 8.61. The third kappa shape index (κ3) is 3.43. The lowest BCUT2D eigenvalue weighted by Crippen LogP contribution is -2.43. The van der Waals surface area contributed by atoms with Crippen molar-refractivity contribution in [3.63, 3.8) is 0 Å². The summed E-state index contributed by atoms with van der Waals surface area (Å²) < 4.78 is 38.7. The third-order valence-electron chi connectivity index (χ3n) is 4.71. The number of benzene rings is 1. The average molecular weight is 364 g/mol. The summed E-state index contributed by atoms with van der Waals surface area (Å²) in [6.45, 7) is 4.43. The molecule has 2 aromatic rings. The van der Waals surface area contributed by atoms with E-state index in [-0.39, 0.29) is 10.9 Å². The molecule has 1 aliphatic rings. The third-order valence-corrected chi connectivity index (χ3v) is 6.70. The normalized spacial score (nSPS) is 19.1. The molecule has 1 saturated heterocycles. The molecule has 0 amide bonds. The van der Waals surface area contributed by atoms with Gasteiger partial charge in [0.25, 0.3) is 0 Å². The fourth-order valence-corrected chi connectivity index (χ4v) is 5.26. The Kier molecular flexibility index (Phi) is 5.15. The molecule has 2 heterocycles. The Morgan fingerprint density at radius 2 is 2.12 bits per heavy atom. The average Bonchev–Trinajstić information content (AvgIpc) is 3.07. The summed E-state index contributed by atoms with van der Waals surface area (Å²) in [5, 5.41) is 3.87. The van der Waals surface area contributed by atoms with Crippen molar-refractivity contribution >= 4 is 10.0 Å².